The molecular formula is C29H31N3O5. The Morgan fingerprint density at radius 3 is 2.22 bits per heavy atom. The van der Waals surface area contributed by atoms with Crippen molar-refractivity contribution in [3.8, 4) is 11.1 Å². The van der Waals surface area contributed by atoms with E-state index in [9.17, 15) is 19.5 Å². The second kappa shape index (κ2) is 12.2. The molecule has 2 atom stereocenters. The predicted octanol–water partition coefficient (Wildman–Crippen LogP) is 4.29. The number of hydrogen-bond acceptors (Lipinski definition) is 5. The molecular weight excluding hydrogens is 470 g/mol. The summed E-state index contributed by atoms with van der Waals surface area (Å²) >= 11 is 0. The third-order valence-corrected chi connectivity index (χ3v) is 6.58. The van der Waals surface area contributed by atoms with E-state index in [-0.39, 0.29) is 18.9 Å². The number of carbonyl (C=O) groups excluding carboxylic acids is 2. The zero-order valence-electron chi connectivity index (χ0n) is 20.7. The SMILES string of the molecule is CCCC[C@H](NC(=O)[C@H](Cc1cccnc1)NC(=O)OCC1c2ccccc2-c2ccccc21)C(=O)O. The topological polar surface area (TPSA) is 118 Å². The minimum absolute atomic E-state index is 0.106. The Morgan fingerprint density at radius 1 is 0.946 bits per heavy atom. The fraction of sp³-hybridized carbons (Fsp3) is 0.310. The average Bonchev–Trinajstić information content (AvgIpc) is 3.23. The Labute approximate surface area is 216 Å². The van der Waals surface area contributed by atoms with Gasteiger partial charge in [0.1, 0.15) is 18.7 Å². The number of pyridine rings is 1. The largest absolute Gasteiger partial charge is 0.480 e. The standard InChI is InChI=1S/C29H31N3O5/c1-2-3-14-25(28(34)35)31-27(33)26(16-19-9-8-15-30-17-19)32-29(36)37-18-24-22-12-6-4-10-20(22)21-11-5-7-13-23(21)24/h4-13,15,17,24-26H,2-3,14,16,18H2,1H3,(H,31,33)(H,32,36)(H,34,35)/t25-,26-/m0/s1. The first-order chi connectivity index (χ1) is 18.0. The van der Waals surface area contributed by atoms with Crippen LogP contribution in [0.25, 0.3) is 11.1 Å². The van der Waals surface area contributed by atoms with Gasteiger partial charge in [0.2, 0.25) is 5.91 Å². The molecule has 0 unspecified atom stereocenters. The lowest BCUT2D eigenvalue weighted by Gasteiger charge is -2.22. The van der Waals surface area contributed by atoms with Crippen LogP contribution < -0.4 is 10.6 Å². The van der Waals surface area contributed by atoms with Crippen LogP contribution >= 0.6 is 0 Å². The van der Waals surface area contributed by atoms with Gasteiger partial charge in [-0.2, -0.15) is 0 Å². The van der Waals surface area contributed by atoms with E-state index >= 15 is 0 Å². The van der Waals surface area contributed by atoms with Gasteiger partial charge in [-0.1, -0.05) is 74.4 Å². The summed E-state index contributed by atoms with van der Waals surface area (Å²) in [5.41, 5.74) is 5.13. The van der Waals surface area contributed by atoms with Crippen molar-refractivity contribution in [1.29, 1.82) is 0 Å². The highest BCUT2D eigenvalue weighted by atomic mass is 16.5. The number of carboxylic acid groups (broad SMARTS) is 1. The highest BCUT2D eigenvalue weighted by Gasteiger charge is 2.30. The number of aromatic nitrogens is 1. The Morgan fingerprint density at radius 2 is 1.62 bits per heavy atom. The maximum Gasteiger partial charge on any atom is 0.407 e. The zero-order valence-corrected chi connectivity index (χ0v) is 20.7. The van der Waals surface area contributed by atoms with Gasteiger partial charge >= 0.3 is 12.1 Å². The van der Waals surface area contributed by atoms with Crippen molar-refractivity contribution in [2.45, 2.75) is 50.6 Å². The first kappa shape index (κ1) is 25.9. The molecule has 0 radical (unpaired) electrons. The number of amides is 2. The van der Waals surface area contributed by atoms with E-state index in [1.54, 1.807) is 24.5 Å². The van der Waals surface area contributed by atoms with Crippen molar-refractivity contribution >= 4 is 18.0 Å². The second-order valence-electron chi connectivity index (χ2n) is 9.13. The molecule has 8 nitrogen and oxygen atoms in total. The lowest BCUT2D eigenvalue weighted by atomic mass is 9.98. The van der Waals surface area contributed by atoms with Gasteiger partial charge in [-0.05, 0) is 40.3 Å². The van der Waals surface area contributed by atoms with E-state index in [0.29, 0.717) is 12.8 Å². The molecule has 0 spiro atoms. The number of unbranched alkanes of at least 4 members (excludes halogenated alkanes) is 1. The number of nitrogens with zero attached hydrogens (tertiary/aromatic N) is 1. The maximum absolute atomic E-state index is 13.1. The summed E-state index contributed by atoms with van der Waals surface area (Å²) in [6.45, 7) is 2.06. The van der Waals surface area contributed by atoms with Crippen LogP contribution in [0.4, 0.5) is 4.79 Å². The molecule has 0 bridgehead atoms. The third-order valence-electron chi connectivity index (χ3n) is 6.58. The van der Waals surface area contributed by atoms with Crippen LogP contribution in [-0.2, 0) is 20.7 Å². The summed E-state index contributed by atoms with van der Waals surface area (Å²) < 4.78 is 5.61. The first-order valence-electron chi connectivity index (χ1n) is 12.5. The molecule has 2 aromatic carbocycles. The summed E-state index contributed by atoms with van der Waals surface area (Å²) in [5, 5.41) is 14.7. The lowest BCUT2D eigenvalue weighted by molar-refractivity contribution is -0.142. The van der Waals surface area contributed by atoms with Gasteiger partial charge in [0.05, 0.1) is 0 Å². The summed E-state index contributed by atoms with van der Waals surface area (Å²) in [5.74, 6) is -1.81. The van der Waals surface area contributed by atoms with Gasteiger partial charge in [0.25, 0.3) is 0 Å². The summed E-state index contributed by atoms with van der Waals surface area (Å²) in [6, 6.07) is 17.5. The van der Waals surface area contributed by atoms with Crippen molar-refractivity contribution in [2.24, 2.45) is 0 Å². The summed E-state index contributed by atoms with van der Waals surface area (Å²) in [7, 11) is 0. The Balaban J connectivity index is 1.45. The fourth-order valence-electron chi connectivity index (χ4n) is 4.68. The van der Waals surface area contributed by atoms with Crippen molar-refractivity contribution in [2.75, 3.05) is 6.61 Å². The maximum atomic E-state index is 13.1. The number of ether oxygens (including phenoxy) is 1. The Kier molecular flexibility index (Phi) is 8.51. The first-order valence-corrected chi connectivity index (χ1v) is 12.5. The van der Waals surface area contributed by atoms with E-state index in [1.807, 2.05) is 43.3 Å². The van der Waals surface area contributed by atoms with Gasteiger partial charge in [0.15, 0.2) is 0 Å². The Hall–Kier alpha value is -4.20. The van der Waals surface area contributed by atoms with Crippen molar-refractivity contribution in [3.05, 3.63) is 89.7 Å². The van der Waals surface area contributed by atoms with E-state index in [0.717, 1.165) is 34.2 Å². The molecule has 0 saturated heterocycles. The minimum Gasteiger partial charge on any atom is -0.480 e. The fourth-order valence-corrected chi connectivity index (χ4v) is 4.68. The molecule has 2 amide bonds. The Bertz CT molecular complexity index is 1200. The number of nitrogens with one attached hydrogen (secondary N) is 2. The lowest BCUT2D eigenvalue weighted by Crippen LogP contribution is -2.52. The quantitative estimate of drug-likeness (QED) is 0.361. The van der Waals surface area contributed by atoms with E-state index in [2.05, 4.69) is 27.8 Å². The molecule has 1 heterocycles. The van der Waals surface area contributed by atoms with E-state index in [4.69, 9.17) is 4.74 Å². The van der Waals surface area contributed by atoms with Gasteiger partial charge < -0.3 is 20.5 Å². The second-order valence-corrected chi connectivity index (χ2v) is 9.13. The number of carbonyl (C=O) groups is 3. The van der Waals surface area contributed by atoms with Crippen LogP contribution in [0.2, 0.25) is 0 Å². The minimum atomic E-state index is -1.11. The van der Waals surface area contributed by atoms with Crippen LogP contribution in [0, 0.1) is 0 Å². The summed E-state index contributed by atoms with van der Waals surface area (Å²) in [4.78, 5) is 41.7. The predicted molar refractivity (Wildman–Crippen MR) is 139 cm³/mol. The van der Waals surface area contributed by atoms with Crippen molar-refractivity contribution < 1.29 is 24.2 Å². The van der Waals surface area contributed by atoms with E-state index in [1.165, 1.54) is 0 Å². The van der Waals surface area contributed by atoms with E-state index < -0.39 is 30.1 Å². The molecule has 0 aliphatic heterocycles. The summed E-state index contributed by atoms with van der Waals surface area (Å²) in [6.07, 6.45) is 4.38. The van der Waals surface area contributed by atoms with Crippen LogP contribution in [0.15, 0.2) is 73.1 Å². The van der Waals surface area contributed by atoms with Crippen LogP contribution in [0.1, 0.15) is 48.8 Å². The van der Waals surface area contributed by atoms with Crippen molar-refractivity contribution in [3.63, 3.8) is 0 Å². The molecule has 8 heteroatoms. The molecule has 1 aliphatic rings. The van der Waals surface area contributed by atoms with Gasteiger partial charge in [-0.25, -0.2) is 9.59 Å². The number of alkyl carbamates (subject to hydrolysis) is 1. The number of hydrogen-bond donors (Lipinski definition) is 3. The monoisotopic (exact) mass is 501 g/mol. The third kappa shape index (κ3) is 6.33. The van der Waals surface area contributed by atoms with Crippen molar-refractivity contribution in [1.82, 2.24) is 15.6 Å². The average molecular weight is 502 g/mol. The number of aliphatic carboxylic acids is 1. The number of fused-ring (bicyclic) bond motifs is 3. The number of benzene rings is 2. The molecule has 0 saturated carbocycles. The van der Waals surface area contributed by atoms with Gasteiger partial charge in [-0.15, -0.1) is 0 Å². The number of rotatable bonds is 11. The highest BCUT2D eigenvalue weighted by Crippen LogP contribution is 2.44. The van der Waals surface area contributed by atoms with Crippen LogP contribution in [-0.4, -0.2) is 46.8 Å². The van der Waals surface area contributed by atoms with Gasteiger partial charge in [-0.3, -0.25) is 9.78 Å². The number of carboxylic acids is 1. The zero-order chi connectivity index (χ0) is 26.2. The molecule has 192 valence electrons. The molecule has 0 fully saturated rings. The van der Waals surface area contributed by atoms with Crippen LogP contribution in [0.3, 0.4) is 0 Å². The molecule has 1 aliphatic carbocycles. The molecule has 3 N–H and O–H groups in total. The van der Waals surface area contributed by atoms with Crippen LogP contribution in [0.5, 0.6) is 0 Å². The molecule has 1 aromatic heterocycles. The normalized spacial score (nSPS) is 13.6. The van der Waals surface area contributed by atoms with Gasteiger partial charge in [0, 0.05) is 24.7 Å². The molecule has 4 rings (SSSR count). The molecule has 3 aromatic rings. The molecule has 37 heavy (non-hydrogen) atoms. The highest BCUT2D eigenvalue weighted by molar-refractivity contribution is 5.89. The smallest absolute Gasteiger partial charge is 0.407 e.